The van der Waals surface area contributed by atoms with Gasteiger partial charge in [0.15, 0.2) is 23.2 Å². The van der Waals surface area contributed by atoms with Crippen LogP contribution in [0.15, 0.2) is 42.5 Å². The second kappa shape index (κ2) is 12.0. The maximum absolute atomic E-state index is 14.8. The minimum Gasteiger partial charge on any atom is -0.403 e. The highest BCUT2D eigenvalue weighted by atomic mass is 19.4. The Hall–Kier alpha value is -2.44. The normalized spacial score (nSPS) is 25.5. The molecule has 0 amide bonds. The molecule has 0 aliphatic heterocycles. The summed E-state index contributed by atoms with van der Waals surface area (Å²) in [6.45, 7) is 2.26. The number of ether oxygens (including phenoxy) is 1. The van der Waals surface area contributed by atoms with Gasteiger partial charge in [-0.3, -0.25) is 0 Å². The Labute approximate surface area is 214 Å². The van der Waals surface area contributed by atoms with Crippen molar-refractivity contribution in [1.82, 2.24) is 0 Å². The zero-order chi connectivity index (χ0) is 26.6. The van der Waals surface area contributed by atoms with Crippen LogP contribution in [-0.2, 0) is 0 Å². The van der Waals surface area contributed by atoms with Gasteiger partial charge in [-0.05, 0) is 86.0 Å². The monoisotopic (exact) mass is 524 g/mol. The lowest BCUT2D eigenvalue weighted by Gasteiger charge is -2.38. The molecule has 1 nitrogen and oxygen atoms in total. The molecule has 0 radical (unpaired) electrons. The van der Waals surface area contributed by atoms with E-state index < -0.39 is 35.1 Å². The largest absolute Gasteiger partial charge is 0.573 e. The average Bonchev–Trinajstić information content (AvgIpc) is 2.89. The first-order valence-electron chi connectivity index (χ1n) is 13.4. The summed E-state index contributed by atoms with van der Waals surface area (Å²) in [5.74, 6) is -2.13. The second-order valence-corrected chi connectivity index (χ2v) is 10.6. The molecule has 37 heavy (non-hydrogen) atoms. The number of halogens is 6. The first kappa shape index (κ1) is 27.6. The fourth-order valence-corrected chi connectivity index (χ4v) is 6.28. The smallest absolute Gasteiger partial charge is 0.403 e. The third kappa shape index (κ3) is 7.11. The van der Waals surface area contributed by atoms with Crippen LogP contribution in [0.25, 0.3) is 11.7 Å². The summed E-state index contributed by atoms with van der Waals surface area (Å²) < 4.78 is 83.8. The highest BCUT2D eigenvalue weighted by Crippen LogP contribution is 2.44. The molecule has 0 saturated heterocycles. The van der Waals surface area contributed by atoms with Gasteiger partial charge in [0, 0.05) is 11.1 Å². The maximum Gasteiger partial charge on any atom is 0.573 e. The predicted octanol–water partition coefficient (Wildman–Crippen LogP) is 10.4. The van der Waals surface area contributed by atoms with Gasteiger partial charge < -0.3 is 4.74 Å². The summed E-state index contributed by atoms with van der Waals surface area (Å²) >= 11 is 0. The van der Waals surface area contributed by atoms with Crippen molar-refractivity contribution in [1.29, 1.82) is 0 Å². The van der Waals surface area contributed by atoms with Gasteiger partial charge in [0.05, 0.1) is 0 Å². The molecule has 7 heteroatoms. The van der Waals surface area contributed by atoms with Crippen LogP contribution in [0.4, 0.5) is 26.3 Å². The molecule has 2 fully saturated rings. The van der Waals surface area contributed by atoms with E-state index in [-0.39, 0.29) is 5.56 Å². The number of hydrogen-bond donors (Lipinski definition) is 0. The van der Waals surface area contributed by atoms with Crippen molar-refractivity contribution in [3.63, 3.8) is 0 Å². The van der Waals surface area contributed by atoms with Crippen molar-refractivity contribution >= 4 is 11.7 Å². The third-order valence-electron chi connectivity index (χ3n) is 8.27. The molecular weight excluding hydrogens is 490 g/mol. The average molecular weight is 525 g/mol. The van der Waals surface area contributed by atoms with Crippen molar-refractivity contribution in [2.75, 3.05) is 0 Å². The zero-order valence-corrected chi connectivity index (χ0v) is 21.1. The van der Waals surface area contributed by atoms with Gasteiger partial charge in [-0.2, -0.15) is 0 Å². The van der Waals surface area contributed by atoms with Crippen LogP contribution in [0.2, 0.25) is 0 Å². The van der Waals surface area contributed by atoms with E-state index in [0.29, 0.717) is 18.1 Å². The van der Waals surface area contributed by atoms with Crippen LogP contribution in [0.3, 0.4) is 0 Å². The van der Waals surface area contributed by atoms with E-state index in [0.717, 1.165) is 42.2 Å². The molecule has 0 heterocycles. The number of rotatable bonds is 7. The van der Waals surface area contributed by atoms with Crippen molar-refractivity contribution in [2.45, 2.75) is 83.4 Å². The van der Waals surface area contributed by atoms with Gasteiger partial charge in [-0.1, -0.05) is 56.9 Å². The molecule has 0 unspecified atom stereocenters. The lowest BCUT2D eigenvalue weighted by molar-refractivity contribution is -0.275. The second-order valence-electron chi connectivity index (χ2n) is 10.6. The quantitative estimate of drug-likeness (QED) is 0.259. The molecule has 202 valence electrons. The Morgan fingerprint density at radius 1 is 0.784 bits per heavy atom. The minimum absolute atomic E-state index is 0.00481. The predicted molar refractivity (Wildman–Crippen MR) is 134 cm³/mol. The first-order valence-corrected chi connectivity index (χ1v) is 13.4. The van der Waals surface area contributed by atoms with Gasteiger partial charge in [0.1, 0.15) is 0 Å². The molecule has 2 aliphatic carbocycles. The maximum atomic E-state index is 14.8. The van der Waals surface area contributed by atoms with Crippen LogP contribution in [0, 0.1) is 23.6 Å². The highest BCUT2D eigenvalue weighted by Gasteiger charge is 2.33. The lowest BCUT2D eigenvalue weighted by atomic mass is 9.68. The minimum atomic E-state index is -5.09. The molecule has 0 atom stereocenters. The van der Waals surface area contributed by atoms with E-state index in [4.69, 9.17) is 0 Å². The van der Waals surface area contributed by atoms with E-state index in [1.165, 1.54) is 63.5 Å². The van der Waals surface area contributed by atoms with Crippen LogP contribution in [0.1, 0.15) is 93.7 Å². The number of benzene rings is 2. The molecule has 0 spiro atoms. The van der Waals surface area contributed by atoms with Crippen molar-refractivity contribution < 1.29 is 31.1 Å². The van der Waals surface area contributed by atoms with Crippen LogP contribution in [0.5, 0.6) is 5.75 Å². The van der Waals surface area contributed by atoms with Gasteiger partial charge >= 0.3 is 6.36 Å². The Balaban J connectivity index is 1.35. The SMILES string of the molecule is CCCC1CCC(C2CCC(c3ccc(/C(F)=C(\F)c4ccc(OC(F)(F)F)c(F)c4)cc3)CC2)CC1. The number of alkyl halides is 3. The van der Waals surface area contributed by atoms with Crippen LogP contribution >= 0.6 is 0 Å². The molecule has 2 aliphatic rings. The van der Waals surface area contributed by atoms with Crippen LogP contribution < -0.4 is 4.74 Å². The Bertz CT molecular complexity index is 1060. The summed E-state index contributed by atoms with van der Waals surface area (Å²) in [4.78, 5) is 0. The topological polar surface area (TPSA) is 9.23 Å². The molecular formula is C30H34F6O. The molecule has 2 aromatic carbocycles. The molecule has 2 saturated carbocycles. The Morgan fingerprint density at radius 3 is 1.86 bits per heavy atom. The Morgan fingerprint density at radius 2 is 1.32 bits per heavy atom. The summed E-state index contributed by atoms with van der Waals surface area (Å²) in [6, 6.07) is 8.59. The molecule has 0 N–H and O–H groups in total. The fraction of sp³-hybridized carbons (Fsp3) is 0.533. The van der Waals surface area contributed by atoms with Gasteiger partial charge in [-0.25, -0.2) is 13.2 Å². The van der Waals surface area contributed by atoms with Gasteiger partial charge in [-0.15, -0.1) is 13.2 Å². The molecule has 4 rings (SSSR count). The van der Waals surface area contributed by atoms with Crippen molar-refractivity contribution in [3.8, 4) is 5.75 Å². The first-order chi connectivity index (χ1) is 17.6. The summed E-state index contributed by atoms with van der Waals surface area (Å²) in [6.07, 6.45) is 7.59. The van der Waals surface area contributed by atoms with E-state index in [2.05, 4.69) is 11.7 Å². The zero-order valence-electron chi connectivity index (χ0n) is 21.1. The third-order valence-corrected chi connectivity index (χ3v) is 8.27. The molecule has 0 aromatic heterocycles. The van der Waals surface area contributed by atoms with Crippen molar-refractivity contribution in [2.24, 2.45) is 17.8 Å². The fourth-order valence-electron chi connectivity index (χ4n) is 6.28. The van der Waals surface area contributed by atoms with E-state index in [9.17, 15) is 26.3 Å². The Kier molecular flexibility index (Phi) is 8.91. The molecule has 2 aromatic rings. The van der Waals surface area contributed by atoms with Crippen molar-refractivity contribution in [3.05, 3.63) is 65.0 Å². The van der Waals surface area contributed by atoms with Gasteiger partial charge in [0.25, 0.3) is 0 Å². The summed E-state index contributed by atoms with van der Waals surface area (Å²) in [7, 11) is 0. The molecule has 0 bridgehead atoms. The van der Waals surface area contributed by atoms with Gasteiger partial charge in [0.2, 0.25) is 0 Å². The standard InChI is InChI=1S/C30H34F6O/c1-2-3-19-4-6-20(7-5-19)21-8-10-22(11-9-21)23-12-14-24(15-13-23)28(32)29(33)25-16-17-27(26(31)18-25)37-30(34,35)36/h12-22H,2-11H2,1H3/b29-28+. The van der Waals surface area contributed by atoms with E-state index >= 15 is 0 Å². The van der Waals surface area contributed by atoms with E-state index in [1.54, 1.807) is 0 Å². The highest BCUT2D eigenvalue weighted by molar-refractivity contribution is 5.83. The summed E-state index contributed by atoms with van der Waals surface area (Å²) in [5.41, 5.74) is 0.590. The van der Waals surface area contributed by atoms with Crippen LogP contribution in [-0.4, -0.2) is 6.36 Å². The van der Waals surface area contributed by atoms with E-state index in [1.807, 2.05) is 12.1 Å². The number of hydrogen-bond acceptors (Lipinski definition) is 1. The summed E-state index contributed by atoms with van der Waals surface area (Å²) in [5, 5.41) is 0. The lowest BCUT2D eigenvalue weighted by Crippen LogP contribution is -2.25.